The van der Waals surface area contributed by atoms with Gasteiger partial charge in [0.15, 0.2) is 0 Å². The summed E-state index contributed by atoms with van der Waals surface area (Å²) < 4.78 is 18.2. The summed E-state index contributed by atoms with van der Waals surface area (Å²) in [6.07, 6.45) is 2.11. The smallest absolute Gasteiger partial charge is 0.354 e. The van der Waals surface area contributed by atoms with Gasteiger partial charge in [-0.3, -0.25) is 4.79 Å². The van der Waals surface area contributed by atoms with Gasteiger partial charge in [0.25, 0.3) is 5.91 Å². The van der Waals surface area contributed by atoms with Gasteiger partial charge >= 0.3 is 5.97 Å². The number of halogens is 1. The lowest BCUT2D eigenvalue weighted by molar-refractivity contribution is 0.0594. The number of amides is 1. The number of para-hydroxylation sites is 1. The molecule has 6 nitrogen and oxygen atoms in total. The molecule has 4 heterocycles. The van der Waals surface area contributed by atoms with Crippen LogP contribution in [-0.4, -0.2) is 66.5 Å². The summed E-state index contributed by atoms with van der Waals surface area (Å²) in [7, 11) is 1.35. The lowest BCUT2D eigenvalue weighted by atomic mass is 9.87. The molecule has 4 aromatic rings. The fourth-order valence-electron chi connectivity index (χ4n) is 6.33. The molecule has 2 aromatic carbocycles. The van der Waals surface area contributed by atoms with Crippen LogP contribution in [0.3, 0.4) is 0 Å². The van der Waals surface area contributed by atoms with Crippen LogP contribution < -0.4 is 0 Å². The number of carbonyl (C=O) groups excluding carboxylic acids is 2. The molecular formula is C31H32FN3O3S. The van der Waals surface area contributed by atoms with Crippen LogP contribution in [0.1, 0.15) is 56.7 Å². The topological polar surface area (TPSA) is 65.6 Å². The fraction of sp³-hybridized carbons (Fsp3) is 0.355. The molecule has 2 saturated heterocycles. The van der Waals surface area contributed by atoms with E-state index in [2.05, 4.69) is 26.7 Å². The maximum Gasteiger partial charge on any atom is 0.354 e. The number of piperidine rings is 1. The summed E-state index contributed by atoms with van der Waals surface area (Å²) in [5, 5.41) is 5.13. The van der Waals surface area contributed by atoms with Gasteiger partial charge in [-0.25, -0.2) is 9.18 Å². The van der Waals surface area contributed by atoms with Crippen molar-refractivity contribution in [2.24, 2.45) is 5.92 Å². The Morgan fingerprint density at radius 3 is 2.56 bits per heavy atom. The Balaban J connectivity index is 1.18. The summed E-state index contributed by atoms with van der Waals surface area (Å²) in [5.74, 6) is 0.422. The van der Waals surface area contributed by atoms with Crippen molar-refractivity contribution < 1.29 is 18.7 Å². The number of aromatic amines is 1. The molecule has 39 heavy (non-hydrogen) atoms. The van der Waals surface area contributed by atoms with E-state index in [1.165, 1.54) is 18.2 Å². The zero-order valence-electron chi connectivity index (χ0n) is 21.9. The van der Waals surface area contributed by atoms with E-state index in [-0.39, 0.29) is 17.6 Å². The predicted molar refractivity (Wildman–Crippen MR) is 151 cm³/mol. The van der Waals surface area contributed by atoms with Gasteiger partial charge in [0, 0.05) is 30.9 Å². The van der Waals surface area contributed by atoms with Gasteiger partial charge in [0.1, 0.15) is 11.5 Å². The lowest BCUT2D eigenvalue weighted by Crippen LogP contribution is -2.38. The highest BCUT2D eigenvalue weighted by molar-refractivity contribution is 7.08. The monoisotopic (exact) mass is 545 g/mol. The number of nitrogens with one attached hydrogen (secondary N) is 1. The Kier molecular flexibility index (Phi) is 7.23. The van der Waals surface area contributed by atoms with Gasteiger partial charge in [-0.1, -0.05) is 24.3 Å². The molecule has 6 rings (SSSR count). The fourth-order valence-corrected chi connectivity index (χ4v) is 7.05. The Bertz CT molecular complexity index is 1460. The largest absolute Gasteiger partial charge is 0.464 e. The predicted octanol–water partition coefficient (Wildman–Crippen LogP) is 5.89. The van der Waals surface area contributed by atoms with Crippen LogP contribution in [0.5, 0.6) is 0 Å². The number of fused-ring (bicyclic) bond motifs is 1. The standard InChI is InChI=1S/C31H32FN3O3S/c1-38-31(37)28-15-22-3-2-4-26(29(22)33-28)30(36)35-17-24(27(18-35)23-11-14-39-19-23)16-34-12-9-21(10-13-34)20-5-7-25(32)8-6-20/h2-8,11,14-15,19,21,24,27,33H,9-10,12-13,16-18H2,1H3/t24-,27+/m1/s1. The molecule has 2 atom stereocenters. The molecular weight excluding hydrogens is 513 g/mol. The maximum absolute atomic E-state index is 13.8. The number of methoxy groups -OCH3 is 1. The highest BCUT2D eigenvalue weighted by Gasteiger charge is 2.38. The number of hydrogen-bond donors (Lipinski definition) is 1. The highest BCUT2D eigenvalue weighted by Crippen LogP contribution is 2.37. The second-order valence-electron chi connectivity index (χ2n) is 10.7. The van der Waals surface area contributed by atoms with Crippen LogP contribution in [0.25, 0.3) is 10.9 Å². The number of carbonyl (C=O) groups is 2. The number of hydrogen-bond acceptors (Lipinski definition) is 5. The second-order valence-corrected chi connectivity index (χ2v) is 11.5. The summed E-state index contributed by atoms with van der Waals surface area (Å²) in [6.45, 7) is 4.31. The molecule has 1 N–H and O–H groups in total. The number of nitrogens with zero attached hydrogens (tertiary/aromatic N) is 2. The zero-order valence-corrected chi connectivity index (χ0v) is 22.8. The van der Waals surface area contributed by atoms with E-state index >= 15 is 0 Å². The van der Waals surface area contributed by atoms with Gasteiger partial charge in [-0.2, -0.15) is 11.3 Å². The molecule has 0 radical (unpaired) electrons. The zero-order chi connectivity index (χ0) is 26.9. The van der Waals surface area contributed by atoms with Gasteiger partial charge in [-0.05, 0) is 90.0 Å². The van der Waals surface area contributed by atoms with E-state index in [4.69, 9.17) is 4.74 Å². The van der Waals surface area contributed by atoms with E-state index in [0.29, 0.717) is 41.7 Å². The van der Waals surface area contributed by atoms with Crippen LogP contribution in [0.15, 0.2) is 65.4 Å². The SMILES string of the molecule is COC(=O)c1cc2cccc(C(=O)N3C[C@@H](CN4CCC(c5ccc(F)cc5)CC4)[C@H](c4ccsc4)C3)c2[nH]1. The Hall–Kier alpha value is -3.49. The minimum absolute atomic E-state index is 0.0170. The third-order valence-electron chi connectivity index (χ3n) is 8.41. The second kappa shape index (κ2) is 10.9. The number of likely N-dealkylation sites (tertiary alicyclic amines) is 2. The van der Waals surface area contributed by atoms with Crippen molar-refractivity contribution in [3.8, 4) is 0 Å². The average molecular weight is 546 g/mol. The van der Waals surface area contributed by atoms with Crippen LogP contribution in [0.4, 0.5) is 4.39 Å². The molecule has 2 fully saturated rings. The van der Waals surface area contributed by atoms with Gasteiger partial charge in [-0.15, -0.1) is 0 Å². The maximum atomic E-state index is 13.8. The van der Waals surface area contributed by atoms with Gasteiger partial charge in [0.2, 0.25) is 0 Å². The van der Waals surface area contributed by atoms with Crippen molar-refractivity contribution in [2.45, 2.75) is 24.7 Å². The first kappa shape index (κ1) is 25.8. The molecule has 0 aliphatic carbocycles. The lowest BCUT2D eigenvalue weighted by Gasteiger charge is -2.34. The van der Waals surface area contributed by atoms with Gasteiger partial charge in [0.05, 0.1) is 18.2 Å². The van der Waals surface area contributed by atoms with Crippen molar-refractivity contribution in [1.29, 1.82) is 0 Å². The first-order valence-corrected chi connectivity index (χ1v) is 14.4. The molecule has 202 valence electrons. The molecule has 8 heteroatoms. The van der Waals surface area contributed by atoms with Crippen molar-refractivity contribution >= 4 is 34.1 Å². The number of aromatic nitrogens is 1. The molecule has 0 bridgehead atoms. The number of benzene rings is 2. The molecule has 0 spiro atoms. The van der Waals surface area contributed by atoms with E-state index in [9.17, 15) is 14.0 Å². The highest BCUT2D eigenvalue weighted by atomic mass is 32.1. The third kappa shape index (κ3) is 5.23. The minimum Gasteiger partial charge on any atom is -0.464 e. The third-order valence-corrected chi connectivity index (χ3v) is 9.11. The Labute approximate surface area is 231 Å². The van der Waals surface area contributed by atoms with Crippen molar-refractivity contribution in [1.82, 2.24) is 14.8 Å². The van der Waals surface area contributed by atoms with Crippen molar-refractivity contribution in [2.75, 3.05) is 39.8 Å². The molecule has 2 aliphatic heterocycles. The van der Waals surface area contributed by atoms with Crippen LogP contribution in [0.2, 0.25) is 0 Å². The van der Waals surface area contributed by atoms with Crippen LogP contribution in [-0.2, 0) is 4.74 Å². The average Bonchev–Trinajstić information content (AvgIpc) is 3.73. The molecule has 2 aromatic heterocycles. The molecule has 0 saturated carbocycles. The first-order valence-electron chi connectivity index (χ1n) is 13.5. The minimum atomic E-state index is -0.452. The molecule has 1 amide bonds. The van der Waals surface area contributed by atoms with E-state index in [0.717, 1.165) is 37.9 Å². The summed E-state index contributed by atoms with van der Waals surface area (Å²) in [4.78, 5) is 33.5. The summed E-state index contributed by atoms with van der Waals surface area (Å²) >= 11 is 1.70. The molecule has 2 aliphatic rings. The van der Waals surface area contributed by atoms with Gasteiger partial charge < -0.3 is 19.5 Å². The Morgan fingerprint density at radius 2 is 1.85 bits per heavy atom. The normalized spacial score (nSPS) is 20.5. The number of H-pyrrole nitrogens is 1. The van der Waals surface area contributed by atoms with E-state index < -0.39 is 5.97 Å². The molecule has 0 unspecified atom stereocenters. The van der Waals surface area contributed by atoms with Crippen molar-refractivity contribution in [3.05, 3.63) is 93.6 Å². The number of rotatable bonds is 6. The van der Waals surface area contributed by atoms with Crippen molar-refractivity contribution in [3.63, 3.8) is 0 Å². The number of ether oxygens (including phenoxy) is 1. The number of thiophene rings is 1. The quantitative estimate of drug-likeness (QED) is 0.307. The Morgan fingerprint density at radius 1 is 1.05 bits per heavy atom. The van der Waals surface area contributed by atoms with E-state index in [1.54, 1.807) is 29.5 Å². The summed E-state index contributed by atoms with van der Waals surface area (Å²) in [6, 6.07) is 16.5. The van der Waals surface area contributed by atoms with Crippen LogP contribution in [0, 0.1) is 11.7 Å². The van der Waals surface area contributed by atoms with E-state index in [1.807, 2.05) is 35.2 Å². The summed E-state index contributed by atoms with van der Waals surface area (Å²) in [5.41, 5.74) is 4.10. The first-order chi connectivity index (χ1) is 19.0. The van der Waals surface area contributed by atoms with Crippen LogP contribution >= 0.6 is 11.3 Å². The number of esters is 1.